The monoisotopic (exact) mass is 263 g/mol. The Balaban J connectivity index is 0.00000162. The lowest BCUT2D eigenvalue weighted by atomic mass is 10.00. The van der Waals surface area contributed by atoms with E-state index in [0.29, 0.717) is 0 Å². The van der Waals surface area contributed by atoms with Gasteiger partial charge < -0.3 is 10.5 Å². The van der Waals surface area contributed by atoms with Gasteiger partial charge >= 0.3 is 0 Å². The highest BCUT2D eigenvalue weighted by atomic mass is 35.5. The molecule has 18 heavy (non-hydrogen) atoms. The van der Waals surface area contributed by atoms with E-state index in [2.05, 4.69) is 12.1 Å². The Kier molecular flexibility index (Phi) is 5.69. The van der Waals surface area contributed by atoms with Gasteiger partial charge in [-0.25, -0.2) is 0 Å². The van der Waals surface area contributed by atoms with Crippen LogP contribution in [0, 0.1) is 0 Å². The first-order valence-electron chi connectivity index (χ1n) is 5.73. The third-order valence-electron chi connectivity index (χ3n) is 2.84. The van der Waals surface area contributed by atoms with E-state index in [4.69, 9.17) is 10.5 Å². The summed E-state index contributed by atoms with van der Waals surface area (Å²) >= 11 is 0. The normalized spacial score (nSPS) is 11.4. The van der Waals surface area contributed by atoms with Crippen molar-refractivity contribution in [3.8, 4) is 5.75 Å². The Bertz CT molecular complexity index is 456. The summed E-state index contributed by atoms with van der Waals surface area (Å²) in [4.78, 5) is 0. The van der Waals surface area contributed by atoms with Crippen LogP contribution in [-0.4, -0.2) is 7.11 Å². The van der Waals surface area contributed by atoms with Crippen molar-refractivity contribution in [1.29, 1.82) is 0 Å². The molecule has 2 rings (SSSR count). The summed E-state index contributed by atoms with van der Waals surface area (Å²) < 4.78 is 5.13. The second-order valence-corrected chi connectivity index (χ2v) is 4.07. The molecular formula is C15H18ClNO. The van der Waals surface area contributed by atoms with Crippen LogP contribution in [0.2, 0.25) is 0 Å². The molecule has 2 aromatic carbocycles. The Morgan fingerprint density at radius 2 is 1.61 bits per heavy atom. The van der Waals surface area contributed by atoms with Gasteiger partial charge in [0, 0.05) is 6.04 Å². The number of ether oxygens (including phenoxy) is 1. The smallest absolute Gasteiger partial charge is 0.118 e. The summed E-state index contributed by atoms with van der Waals surface area (Å²) in [5.41, 5.74) is 8.57. The zero-order valence-corrected chi connectivity index (χ0v) is 11.2. The SMILES string of the molecule is COc1ccc(C(N)Cc2ccccc2)cc1.Cl. The van der Waals surface area contributed by atoms with Gasteiger partial charge in [-0.1, -0.05) is 42.5 Å². The van der Waals surface area contributed by atoms with Crippen molar-refractivity contribution in [2.24, 2.45) is 5.73 Å². The number of hydrogen-bond acceptors (Lipinski definition) is 2. The second kappa shape index (κ2) is 7.04. The maximum absolute atomic E-state index is 6.18. The second-order valence-electron chi connectivity index (χ2n) is 4.07. The first kappa shape index (κ1) is 14.6. The van der Waals surface area contributed by atoms with Crippen molar-refractivity contribution in [2.45, 2.75) is 12.5 Å². The van der Waals surface area contributed by atoms with Gasteiger partial charge in [0.2, 0.25) is 0 Å². The number of rotatable bonds is 4. The third kappa shape index (κ3) is 3.76. The highest BCUT2D eigenvalue weighted by Gasteiger charge is 2.06. The lowest BCUT2D eigenvalue weighted by Crippen LogP contribution is -2.13. The minimum Gasteiger partial charge on any atom is -0.497 e. The molecule has 2 nitrogen and oxygen atoms in total. The number of benzene rings is 2. The van der Waals surface area contributed by atoms with Crippen molar-refractivity contribution in [2.75, 3.05) is 7.11 Å². The fourth-order valence-corrected chi connectivity index (χ4v) is 1.84. The molecule has 0 aromatic heterocycles. The van der Waals surface area contributed by atoms with Gasteiger partial charge in [-0.05, 0) is 29.7 Å². The van der Waals surface area contributed by atoms with Gasteiger partial charge in [-0.3, -0.25) is 0 Å². The number of nitrogens with two attached hydrogens (primary N) is 1. The molecule has 0 saturated carbocycles. The average Bonchev–Trinajstić information content (AvgIpc) is 2.40. The molecular weight excluding hydrogens is 246 g/mol. The van der Waals surface area contributed by atoms with Crippen LogP contribution in [0.4, 0.5) is 0 Å². The average molecular weight is 264 g/mol. The minimum atomic E-state index is 0. The van der Waals surface area contributed by atoms with E-state index < -0.39 is 0 Å². The molecule has 1 unspecified atom stereocenters. The fraction of sp³-hybridized carbons (Fsp3) is 0.200. The van der Waals surface area contributed by atoms with Crippen LogP contribution in [0.25, 0.3) is 0 Å². The van der Waals surface area contributed by atoms with Gasteiger partial charge in [-0.2, -0.15) is 0 Å². The van der Waals surface area contributed by atoms with Crippen LogP contribution in [0.15, 0.2) is 54.6 Å². The van der Waals surface area contributed by atoms with Crippen molar-refractivity contribution < 1.29 is 4.74 Å². The quantitative estimate of drug-likeness (QED) is 0.918. The van der Waals surface area contributed by atoms with E-state index in [1.165, 1.54) is 5.56 Å². The predicted octanol–water partition coefficient (Wildman–Crippen LogP) is 3.36. The van der Waals surface area contributed by atoms with E-state index in [1.807, 2.05) is 42.5 Å². The molecule has 0 spiro atoms. The van der Waals surface area contributed by atoms with Crippen molar-refractivity contribution in [1.82, 2.24) is 0 Å². The van der Waals surface area contributed by atoms with E-state index in [-0.39, 0.29) is 18.4 Å². The maximum Gasteiger partial charge on any atom is 0.118 e. The molecule has 0 aliphatic carbocycles. The van der Waals surface area contributed by atoms with E-state index in [9.17, 15) is 0 Å². The molecule has 0 radical (unpaired) electrons. The van der Waals surface area contributed by atoms with Crippen molar-refractivity contribution >= 4 is 12.4 Å². The minimum absolute atomic E-state index is 0. The van der Waals surface area contributed by atoms with Crippen LogP contribution in [0.3, 0.4) is 0 Å². The Morgan fingerprint density at radius 1 is 1.00 bits per heavy atom. The van der Waals surface area contributed by atoms with Crippen LogP contribution in [-0.2, 0) is 6.42 Å². The summed E-state index contributed by atoms with van der Waals surface area (Å²) in [6, 6.07) is 18.3. The topological polar surface area (TPSA) is 35.2 Å². The van der Waals surface area contributed by atoms with Gasteiger partial charge in [-0.15, -0.1) is 12.4 Å². The van der Waals surface area contributed by atoms with Crippen LogP contribution in [0.5, 0.6) is 5.75 Å². The maximum atomic E-state index is 6.18. The highest BCUT2D eigenvalue weighted by Crippen LogP contribution is 2.19. The number of methoxy groups -OCH3 is 1. The van der Waals surface area contributed by atoms with E-state index in [1.54, 1.807) is 7.11 Å². The Morgan fingerprint density at radius 3 is 2.17 bits per heavy atom. The van der Waals surface area contributed by atoms with Gasteiger partial charge in [0.05, 0.1) is 7.11 Å². The van der Waals surface area contributed by atoms with Gasteiger partial charge in [0.1, 0.15) is 5.75 Å². The molecule has 1 atom stereocenters. The first-order valence-corrected chi connectivity index (χ1v) is 5.73. The zero-order chi connectivity index (χ0) is 12.1. The lowest BCUT2D eigenvalue weighted by molar-refractivity contribution is 0.414. The summed E-state index contributed by atoms with van der Waals surface area (Å²) in [7, 11) is 1.67. The molecule has 96 valence electrons. The zero-order valence-electron chi connectivity index (χ0n) is 10.4. The first-order chi connectivity index (χ1) is 8.29. The third-order valence-corrected chi connectivity index (χ3v) is 2.84. The molecule has 0 aliphatic heterocycles. The van der Waals surface area contributed by atoms with E-state index >= 15 is 0 Å². The van der Waals surface area contributed by atoms with Crippen molar-refractivity contribution in [3.63, 3.8) is 0 Å². The Hall–Kier alpha value is -1.51. The number of hydrogen-bond donors (Lipinski definition) is 1. The molecule has 2 N–H and O–H groups in total. The van der Waals surface area contributed by atoms with Crippen LogP contribution >= 0.6 is 12.4 Å². The molecule has 0 bridgehead atoms. The summed E-state index contributed by atoms with van der Waals surface area (Å²) in [5, 5.41) is 0. The molecule has 0 aliphatic rings. The summed E-state index contributed by atoms with van der Waals surface area (Å²) in [6.07, 6.45) is 0.854. The molecule has 2 aromatic rings. The van der Waals surface area contributed by atoms with Gasteiger partial charge in [0.15, 0.2) is 0 Å². The van der Waals surface area contributed by atoms with E-state index in [0.717, 1.165) is 17.7 Å². The molecule has 0 fully saturated rings. The molecule has 0 heterocycles. The largest absolute Gasteiger partial charge is 0.497 e. The molecule has 0 amide bonds. The van der Waals surface area contributed by atoms with Gasteiger partial charge in [0.25, 0.3) is 0 Å². The fourth-order valence-electron chi connectivity index (χ4n) is 1.84. The molecule has 0 saturated heterocycles. The number of halogens is 1. The Labute approximate surface area is 114 Å². The standard InChI is InChI=1S/C15H17NO.ClH/c1-17-14-9-7-13(8-10-14)15(16)11-12-5-3-2-4-6-12;/h2-10,15H,11,16H2,1H3;1H. The van der Waals surface area contributed by atoms with Crippen LogP contribution < -0.4 is 10.5 Å². The predicted molar refractivity (Wildman–Crippen MR) is 77.3 cm³/mol. The summed E-state index contributed by atoms with van der Waals surface area (Å²) in [5.74, 6) is 0.862. The lowest BCUT2D eigenvalue weighted by Gasteiger charge is -2.12. The van der Waals surface area contributed by atoms with Crippen LogP contribution in [0.1, 0.15) is 17.2 Å². The highest BCUT2D eigenvalue weighted by molar-refractivity contribution is 5.85. The summed E-state index contributed by atoms with van der Waals surface area (Å²) in [6.45, 7) is 0. The van der Waals surface area contributed by atoms with Crippen molar-refractivity contribution in [3.05, 3.63) is 65.7 Å². The molecule has 3 heteroatoms.